The number of fused-ring (bicyclic) bond motifs is 3. The SMILES string of the molecule is ClCCNCC1c2ccccc2-c2ccccc21. The lowest BCUT2D eigenvalue weighted by molar-refractivity contribution is 0.668. The molecule has 0 fully saturated rings. The smallest absolute Gasteiger partial charge is 0.0348 e. The van der Waals surface area contributed by atoms with Crippen molar-refractivity contribution in [1.29, 1.82) is 0 Å². The van der Waals surface area contributed by atoms with Crippen LogP contribution in [0.2, 0.25) is 0 Å². The van der Waals surface area contributed by atoms with Crippen LogP contribution in [0.5, 0.6) is 0 Å². The maximum atomic E-state index is 5.72. The lowest BCUT2D eigenvalue weighted by Crippen LogP contribution is -2.23. The molecule has 1 nitrogen and oxygen atoms in total. The van der Waals surface area contributed by atoms with E-state index in [2.05, 4.69) is 53.8 Å². The zero-order chi connectivity index (χ0) is 12.4. The van der Waals surface area contributed by atoms with Gasteiger partial charge in [0.1, 0.15) is 0 Å². The van der Waals surface area contributed by atoms with Crippen LogP contribution in [0.1, 0.15) is 17.0 Å². The minimum absolute atomic E-state index is 0.459. The van der Waals surface area contributed by atoms with Crippen LogP contribution in [-0.2, 0) is 0 Å². The van der Waals surface area contributed by atoms with E-state index in [-0.39, 0.29) is 0 Å². The number of nitrogens with one attached hydrogen (secondary N) is 1. The highest BCUT2D eigenvalue weighted by Gasteiger charge is 2.27. The van der Waals surface area contributed by atoms with Gasteiger partial charge in [-0.2, -0.15) is 0 Å². The molecule has 1 aliphatic carbocycles. The Hall–Kier alpha value is -1.31. The Bertz CT molecular complexity index is 505. The first-order chi connectivity index (χ1) is 8.92. The molecule has 18 heavy (non-hydrogen) atoms. The van der Waals surface area contributed by atoms with Gasteiger partial charge >= 0.3 is 0 Å². The van der Waals surface area contributed by atoms with Gasteiger partial charge in [-0.1, -0.05) is 48.5 Å². The molecule has 3 rings (SSSR count). The Balaban J connectivity index is 1.98. The lowest BCUT2D eigenvalue weighted by Gasteiger charge is -2.14. The topological polar surface area (TPSA) is 12.0 Å². The van der Waals surface area contributed by atoms with Crippen LogP contribution >= 0.6 is 11.6 Å². The van der Waals surface area contributed by atoms with E-state index in [1.165, 1.54) is 22.3 Å². The number of halogens is 1. The molecule has 0 spiro atoms. The van der Waals surface area contributed by atoms with Crippen LogP contribution in [0.4, 0.5) is 0 Å². The summed E-state index contributed by atoms with van der Waals surface area (Å²) in [6.07, 6.45) is 0. The second-order valence-electron chi connectivity index (χ2n) is 4.62. The first-order valence-corrected chi connectivity index (χ1v) is 6.90. The highest BCUT2D eigenvalue weighted by Crippen LogP contribution is 2.43. The van der Waals surface area contributed by atoms with Crippen molar-refractivity contribution < 1.29 is 0 Å². The van der Waals surface area contributed by atoms with Crippen molar-refractivity contribution in [3.8, 4) is 11.1 Å². The Morgan fingerprint density at radius 1 is 0.889 bits per heavy atom. The summed E-state index contributed by atoms with van der Waals surface area (Å²) in [7, 11) is 0. The molecule has 0 saturated heterocycles. The molecule has 0 heterocycles. The molecule has 2 aromatic carbocycles. The number of rotatable bonds is 4. The summed E-state index contributed by atoms with van der Waals surface area (Å²) in [6.45, 7) is 1.82. The predicted octanol–water partition coefficient (Wildman–Crippen LogP) is 3.63. The van der Waals surface area contributed by atoms with Crippen molar-refractivity contribution in [2.45, 2.75) is 5.92 Å². The van der Waals surface area contributed by atoms with E-state index < -0.39 is 0 Å². The maximum absolute atomic E-state index is 5.72. The summed E-state index contributed by atoms with van der Waals surface area (Å²) >= 11 is 5.72. The third kappa shape index (κ3) is 1.94. The van der Waals surface area contributed by atoms with E-state index in [9.17, 15) is 0 Å². The minimum Gasteiger partial charge on any atom is -0.315 e. The van der Waals surface area contributed by atoms with Crippen molar-refractivity contribution >= 4 is 11.6 Å². The zero-order valence-corrected chi connectivity index (χ0v) is 11.0. The summed E-state index contributed by atoms with van der Waals surface area (Å²) in [5, 5.41) is 3.43. The van der Waals surface area contributed by atoms with E-state index in [4.69, 9.17) is 11.6 Å². The van der Waals surface area contributed by atoms with Crippen LogP contribution in [-0.4, -0.2) is 19.0 Å². The fourth-order valence-corrected chi connectivity index (χ4v) is 2.93. The zero-order valence-electron chi connectivity index (χ0n) is 10.2. The number of hydrogen-bond donors (Lipinski definition) is 1. The molecule has 0 atom stereocenters. The third-order valence-corrected chi connectivity index (χ3v) is 3.77. The molecule has 0 radical (unpaired) electrons. The molecule has 0 aliphatic heterocycles. The van der Waals surface area contributed by atoms with Gasteiger partial charge in [0.15, 0.2) is 0 Å². The van der Waals surface area contributed by atoms with Crippen molar-refractivity contribution in [3.63, 3.8) is 0 Å². The van der Waals surface area contributed by atoms with E-state index in [1.54, 1.807) is 0 Å². The normalized spacial score (nSPS) is 13.4. The molecule has 0 unspecified atom stereocenters. The highest BCUT2D eigenvalue weighted by atomic mass is 35.5. The van der Waals surface area contributed by atoms with Gasteiger partial charge in [-0.05, 0) is 22.3 Å². The van der Waals surface area contributed by atoms with E-state index >= 15 is 0 Å². The van der Waals surface area contributed by atoms with Crippen LogP contribution in [0.25, 0.3) is 11.1 Å². The van der Waals surface area contributed by atoms with Gasteiger partial charge in [0, 0.05) is 24.9 Å². The molecule has 2 aromatic rings. The number of benzene rings is 2. The third-order valence-electron chi connectivity index (χ3n) is 3.58. The van der Waals surface area contributed by atoms with Crippen molar-refractivity contribution in [2.75, 3.05) is 19.0 Å². The van der Waals surface area contributed by atoms with Crippen LogP contribution in [0.3, 0.4) is 0 Å². The first kappa shape index (κ1) is 11.8. The summed E-state index contributed by atoms with van der Waals surface area (Å²) in [5.74, 6) is 1.12. The fourth-order valence-electron chi connectivity index (χ4n) is 2.79. The average Bonchev–Trinajstić information content (AvgIpc) is 2.74. The summed E-state index contributed by atoms with van der Waals surface area (Å²) < 4.78 is 0. The van der Waals surface area contributed by atoms with E-state index in [0.29, 0.717) is 11.8 Å². The quantitative estimate of drug-likeness (QED) is 0.652. The Morgan fingerprint density at radius 3 is 2.00 bits per heavy atom. The largest absolute Gasteiger partial charge is 0.315 e. The van der Waals surface area contributed by atoms with Gasteiger partial charge in [0.25, 0.3) is 0 Å². The van der Waals surface area contributed by atoms with Crippen LogP contribution in [0, 0.1) is 0 Å². The maximum Gasteiger partial charge on any atom is 0.0348 e. The van der Waals surface area contributed by atoms with E-state index in [1.807, 2.05) is 0 Å². The molecular weight excluding hydrogens is 242 g/mol. The van der Waals surface area contributed by atoms with Crippen LogP contribution in [0.15, 0.2) is 48.5 Å². The number of hydrogen-bond acceptors (Lipinski definition) is 1. The number of alkyl halides is 1. The van der Waals surface area contributed by atoms with Gasteiger partial charge in [-0.3, -0.25) is 0 Å². The first-order valence-electron chi connectivity index (χ1n) is 6.36. The van der Waals surface area contributed by atoms with Gasteiger partial charge in [0.05, 0.1) is 0 Å². The molecule has 0 amide bonds. The lowest BCUT2D eigenvalue weighted by atomic mass is 9.97. The van der Waals surface area contributed by atoms with E-state index in [0.717, 1.165) is 13.1 Å². The molecule has 1 aliphatic rings. The molecular formula is C16H16ClN. The van der Waals surface area contributed by atoms with Crippen LogP contribution < -0.4 is 5.32 Å². The summed E-state index contributed by atoms with van der Waals surface area (Å²) in [5.41, 5.74) is 5.62. The molecule has 1 N–H and O–H groups in total. The molecule has 0 bridgehead atoms. The standard InChI is InChI=1S/C16H16ClN/c17-9-10-18-11-16-14-7-3-1-5-12(14)13-6-2-4-8-15(13)16/h1-8,16,18H,9-11H2. The molecule has 2 heteroatoms. The van der Waals surface area contributed by atoms with Gasteiger partial charge in [-0.25, -0.2) is 0 Å². The van der Waals surface area contributed by atoms with Crippen molar-refractivity contribution in [2.24, 2.45) is 0 Å². The predicted molar refractivity (Wildman–Crippen MR) is 77.3 cm³/mol. The fraction of sp³-hybridized carbons (Fsp3) is 0.250. The van der Waals surface area contributed by atoms with Crippen molar-refractivity contribution in [1.82, 2.24) is 5.32 Å². The summed E-state index contributed by atoms with van der Waals surface area (Å²) in [6, 6.07) is 17.4. The monoisotopic (exact) mass is 257 g/mol. The van der Waals surface area contributed by atoms with Gasteiger partial charge < -0.3 is 5.32 Å². The molecule has 0 saturated carbocycles. The molecule has 0 aromatic heterocycles. The van der Waals surface area contributed by atoms with Crippen molar-refractivity contribution in [3.05, 3.63) is 59.7 Å². The minimum atomic E-state index is 0.459. The van der Waals surface area contributed by atoms with Gasteiger partial charge in [0.2, 0.25) is 0 Å². The Morgan fingerprint density at radius 2 is 1.44 bits per heavy atom. The van der Waals surface area contributed by atoms with Gasteiger partial charge in [-0.15, -0.1) is 11.6 Å². The second-order valence-corrected chi connectivity index (χ2v) is 5.00. The molecule has 92 valence electrons. The highest BCUT2D eigenvalue weighted by molar-refractivity contribution is 6.18. The summed E-state index contributed by atoms with van der Waals surface area (Å²) in [4.78, 5) is 0. The Labute approximate surface area is 113 Å². The Kier molecular flexibility index (Phi) is 3.35. The average molecular weight is 258 g/mol. The second kappa shape index (κ2) is 5.13.